The lowest BCUT2D eigenvalue weighted by Gasteiger charge is -2.33. The van der Waals surface area contributed by atoms with Crippen molar-refractivity contribution in [3.8, 4) is 11.5 Å². The maximum absolute atomic E-state index is 14.0. The molecule has 0 radical (unpaired) electrons. The Kier molecular flexibility index (Phi) is 8.13. The highest BCUT2D eigenvalue weighted by atomic mass is 19.4. The van der Waals surface area contributed by atoms with E-state index >= 15 is 0 Å². The van der Waals surface area contributed by atoms with Crippen molar-refractivity contribution < 1.29 is 27.5 Å². The van der Waals surface area contributed by atoms with Crippen LogP contribution in [0.5, 0.6) is 11.5 Å². The number of carbonyl (C=O) groups is 2. The van der Waals surface area contributed by atoms with Crippen LogP contribution in [0.15, 0.2) is 54.7 Å². The zero-order valence-electron chi connectivity index (χ0n) is 22.8. The standard InChI is InChI=1S/C29H31F3N6O3/c1-33-27(39)25-17-23(7-9-34-25)41-22-5-6-26-19(15-22)8-10-38(26)28(40)35-21-4-3-20(24(16-21)29(30,31)32)18-37-13-11-36(2)12-14-37/h3-7,9,15-17H,8,10-14,18H2,1-2H3,(H,33,39)(H,35,40). The minimum absolute atomic E-state index is 0.0856. The van der Waals surface area contributed by atoms with Gasteiger partial charge in [-0.05, 0) is 61.0 Å². The summed E-state index contributed by atoms with van der Waals surface area (Å²) < 4.78 is 47.8. The van der Waals surface area contributed by atoms with E-state index in [2.05, 4.69) is 20.5 Å². The molecule has 2 N–H and O–H groups in total. The lowest BCUT2D eigenvalue weighted by molar-refractivity contribution is -0.138. The molecule has 0 saturated carbocycles. The molecule has 12 heteroatoms. The largest absolute Gasteiger partial charge is 0.457 e. The zero-order chi connectivity index (χ0) is 29.1. The number of pyridine rings is 1. The van der Waals surface area contributed by atoms with Crippen molar-refractivity contribution in [2.45, 2.75) is 19.1 Å². The molecule has 9 nitrogen and oxygen atoms in total. The number of alkyl halides is 3. The van der Waals surface area contributed by atoms with Gasteiger partial charge in [0, 0.05) is 70.0 Å². The molecule has 3 amide bonds. The van der Waals surface area contributed by atoms with Gasteiger partial charge in [-0.3, -0.25) is 19.6 Å². The highest BCUT2D eigenvalue weighted by molar-refractivity contribution is 6.03. The molecule has 0 bridgehead atoms. The Morgan fingerprint density at radius 1 is 0.976 bits per heavy atom. The van der Waals surface area contributed by atoms with Gasteiger partial charge in [0.05, 0.1) is 5.56 Å². The fraction of sp³-hybridized carbons (Fsp3) is 0.345. The number of piperazine rings is 1. The van der Waals surface area contributed by atoms with E-state index in [1.807, 2.05) is 11.9 Å². The van der Waals surface area contributed by atoms with Crippen molar-refractivity contribution in [3.05, 3.63) is 77.1 Å². The predicted octanol–water partition coefficient (Wildman–Crippen LogP) is 4.59. The number of fused-ring (bicyclic) bond motifs is 1. The van der Waals surface area contributed by atoms with Gasteiger partial charge < -0.3 is 20.3 Å². The fourth-order valence-corrected chi connectivity index (χ4v) is 5.01. The molecule has 3 aromatic rings. The number of rotatable bonds is 6. The van der Waals surface area contributed by atoms with Gasteiger partial charge in [-0.15, -0.1) is 0 Å². The van der Waals surface area contributed by atoms with Crippen molar-refractivity contribution >= 4 is 23.3 Å². The summed E-state index contributed by atoms with van der Waals surface area (Å²) >= 11 is 0. The van der Waals surface area contributed by atoms with Crippen LogP contribution in [0.4, 0.5) is 29.3 Å². The Morgan fingerprint density at radius 2 is 1.73 bits per heavy atom. The first-order chi connectivity index (χ1) is 19.6. The number of benzene rings is 2. The second-order valence-electron chi connectivity index (χ2n) is 10.1. The van der Waals surface area contributed by atoms with E-state index in [4.69, 9.17) is 4.74 Å². The van der Waals surface area contributed by atoms with E-state index in [-0.39, 0.29) is 29.4 Å². The van der Waals surface area contributed by atoms with Gasteiger partial charge >= 0.3 is 12.2 Å². The van der Waals surface area contributed by atoms with Gasteiger partial charge in [-0.25, -0.2) is 4.79 Å². The first-order valence-corrected chi connectivity index (χ1v) is 13.3. The fourth-order valence-electron chi connectivity index (χ4n) is 5.01. The van der Waals surface area contributed by atoms with Gasteiger partial charge in [-0.1, -0.05) is 6.07 Å². The molecule has 2 aliphatic heterocycles. The van der Waals surface area contributed by atoms with Crippen LogP contribution in [0, 0.1) is 0 Å². The average molecular weight is 569 g/mol. The van der Waals surface area contributed by atoms with Crippen LogP contribution in [-0.2, 0) is 19.1 Å². The molecular formula is C29H31F3N6O3. The number of nitrogens with zero attached hydrogens (tertiary/aromatic N) is 4. The van der Waals surface area contributed by atoms with Crippen LogP contribution in [-0.4, -0.2) is 73.5 Å². The molecule has 1 aromatic heterocycles. The quantitative estimate of drug-likeness (QED) is 0.452. The molecule has 216 valence electrons. The van der Waals surface area contributed by atoms with Gasteiger partial charge in [0.25, 0.3) is 5.91 Å². The number of nitrogens with one attached hydrogen (secondary N) is 2. The van der Waals surface area contributed by atoms with Gasteiger partial charge in [0.1, 0.15) is 17.2 Å². The number of likely N-dealkylation sites (N-methyl/N-ethyl adjacent to an activating group) is 1. The van der Waals surface area contributed by atoms with Crippen LogP contribution in [0.25, 0.3) is 0 Å². The number of ether oxygens (including phenoxy) is 1. The molecule has 41 heavy (non-hydrogen) atoms. The topological polar surface area (TPSA) is 90.0 Å². The highest BCUT2D eigenvalue weighted by Crippen LogP contribution is 2.36. The summed E-state index contributed by atoms with van der Waals surface area (Å²) in [5.41, 5.74) is 1.26. The minimum atomic E-state index is -4.55. The van der Waals surface area contributed by atoms with Crippen LogP contribution in [0.1, 0.15) is 27.2 Å². The van der Waals surface area contributed by atoms with Crippen molar-refractivity contribution in [2.75, 3.05) is 57.0 Å². The lowest BCUT2D eigenvalue weighted by atomic mass is 10.0. The van der Waals surface area contributed by atoms with E-state index in [0.29, 0.717) is 43.2 Å². The molecule has 2 aromatic carbocycles. The van der Waals surface area contributed by atoms with E-state index in [9.17, 15) is 22.8 Å². The monoisotopic (exact) mass is 568 g/mol. The molecule has 1 saturated heterocycles. The second-order valence-corrected chi connectivity index (χ2v) is 10.1. The molecule has 3 heterocycles. The summed E-state index contributed by atoms with van der Waals surface area (Å²) in [6.07, 6.45) is -2.52. The van der Waals surface area contributed by atoms with E-state index in [1.165, 1.54) is 36.3 Å². The van der Waals surface area contributed by atoms with Gasteiger partial charge in [-0.2, -0.15) is 13.2 Å². The molecule has 1 fully saturated rings. The molecular weight excluding hydrogens is 537 g/mol. The highest BCUT2D eigenvalue weighted by Gasteiger charge is 2.35. The third-order valence-electron chi connectivity index (χ3n) is 7.27. The number of anilines is 2. The summed E-state index contributed by atoms with van der Waals surface area (Å²) in [7, 11) is 3.51. The van der Waals surface area contributed by atoms with Crippen LogP contribution >= 0.6 is 0 Å². The summed E-state index contributed by atoms with van der Waals surface area (Å²) in [4.78, 5) is 34.6. The number of urea groups is 1. The van der Waals surface area contributed by atoms with Crippen molar-refractivity contribution in [1.82, 2.24) is 20.1 Å². The smallest absolute Gasteiger partial charge is 0.416 e. The average Bonchev–Trinajstić information content (AvgIpc) is 3.37. The van der Waals surface area contributed by atoms with Gasteiger partial charge in [0.2, 0.25) is 0 Å². The SMILES string of the molecule is CNC(=O)c1cc(Oc2ccc3c(c2)CCN3C(=O)Nc2ccc(CN3CCN(C)CC3)c(C(F)(F)F)c2)ccn1. The molecule has 2 aliphatic rings. The minimum Gasteiger partial charge on any atom is -0.457 e. The van der Waals surface area contributed by atoms with Crippen LogP contribution in [0.2, 0.25) is 0 Å². The van der Waals surface area contributed by atoms with Crippen LogP contribution in [0.3, 0.4) is 0 Å². The zero-order valence-corrected chi connectivity index (χ0v) is 22.8. The van der Waals surface area contributed by atoms with Crippen molar-refractivity contribution in [1.29, 1.82) is 0 Å². The third-order valence-corrected chi connectivity index (χ3v) is 7.27. The Bertz CT molecular complexity index is 1440. The first kappa shape index (κ1) is 28.4. The summed E-state index contributed by atoms with van der Waals surface area (Å²) in [6, 6.07) is 11.9. The number of halogens is 3. The van der Waals surface area contributed by atoms with E-state index in [0.717, 1.165) is 24.7 Å². The Labute approximate surface area is 235 Å². The number of hydrogen-bond donors (Lipinski definition) is 2. The first-order valence-electron chi connectivity index (χ1n) is 13.3. The number of amides is 3. The molecule has 0 aliphatic carbocycles. The summed E-state index contributed by atoms with van der Waals surface area (Å²) in [6.45, 7) is 3.59. The maximum Gasteiger partial charge on any atom is 0.416 e. The lowest BCUT2D eigenvalue weighted by Crippen LogP contribution is -2.44. The Morgan fingerprint density at radius 3 is 2.46 bits per heavy atom. The Hall–Kier alpha value is -4.16. The maximum atomic E-state index is 14.0. The van der Waals surface area contributed by atoms with Gasteiger partial charge in [0.15, 0.2) is 0 Å². The second kappa shape index (κ2) is 11.8. The number of carbonyl (C=O) groups excluding carboxylic acids is 2. The molecule has 5 rings (SSSR count). The van der Waals surface area contributed by atoms with Crippen LogP contribution < -0.4 is 20.3 Å². The van der Waals surface area contributed by atoms with Crippen molar-refractivity contribution in [3.63, 3.8) is 0 Å². The van der Waals surface area contributed by atoms with E-state index in [1.54, 1.807) is 24.3 Å². The predicted molar refractivity (Wildman–Crippen MR) is 148 cm³/mol. The number of aromatic nitrogens is 1. The normalized spacial score (nSPS) is 15.9. The molecule has 0 atom stereocenters. The van der Waals surface area contributed by atoms with Crippen molar-refractivity contribution in [2.24, 2.45) is 0 Å². The molecule has 0 unspecified atom stereocenters. The number of hydrogen-bond acceptors (Lipinski definition) is 6. The summed E-state index contributed by atoms with van der Waals surface area (Å²) in [5, 5.41) is 5.15. The van der Waals surface area contributed by atoms with E-state index < -0.39 is 17.8 Å². The third kappa shape index (κ3) is 6.60. The Balaban J connectivity index is 1.27. The molecule has 0 spiro atoms. The summed E-state index contributed by atoms with van der Waals surface area (Å²) in [5.74, 6) is 0.617.